The van der Waals surface area contributed by atoms with Gasteiger partial charge in [0.05, 0.1) is 49.6 Å². The number of cyclic esters (lactones) is 2. The van der Waals surface area contributed by atoms with E-state index in [-0.39, 0.29) is 130 Å². The number of rotatable bonds is 12. The molecule has 6 amide bonds. The summed E-state index contributed by atoms with van der Waals surface area (Å²) in [7, 11) is 8.34. The summed E-state index contributed by atoms with van der Waals surface area (Å²) in [5, 5.41) is 71.1. The van der Waals surface area contributed by atoms with Crippen molar-refractivity contribution in [3.8, 4) is 38.4 Å². The van der Waals surface area contributed by atoms with Gasteiger partial charge in [0.25, 0.3) is 23.6 Å². The van der Waals surface area contributed by atoms with Gasteiger partial charge in [-0.2, -0.15) is 4.73 Å². The zero-order valence-corrected chi connectivity index (χ0v) is 60.0. The van der Waals surface area contributed by atoms with Crippen molar-refractivity contribution in [3.05, 3.63) is 112 Å². The number of methoxy groups -OCH3 is 1. The minimum Gasteiger partial charge on any atom is -0.506 e. The van der Waals surface area contributed by atoms with Gasteiger partial charge in [-0.15, -0.1) is 56.7 Å². The molecule has 0 aliphatic carbocycles. The average Bonchev–Trinajstić information content (AvgIpc) is 1.53. The largest absolute Gasteiger partial charge is 0.506 e. The number of amides is 6. The highest BCUT2D eigenvalue weighted by Gasteiger charge is 2.50. The van der Waals surface area contributed by atoms with E-state index in [1.54, 1.807) is 69.4 Å². The van der Waals surface area contributed by atoms with Gasteiger partial charge in [-0.3, -0.25) is 28.8 Å². The Balaban J connectivity index is 1.01. The molecule has 10 atom stereocenters. The molecule has 12 rings (SSSR count). The number of esters is 2. The van der Waals surface area contributed by atoms with Crippen LogP contribution in [0.25, 0.3) is 49.3 Å². The number of aliphatic hydroxyl groups is 2. The quantitative estimate of drug-likeness (QED) is 0.0362. The number of nitrogens with zero attached hydrogens (tertiary/aromatic N) is 9. The molecule has 1 saturated heterocycles. The number of ether oxygens (including phenoxy) is 6. The number of pyridine rings is 1. The summed E-state index contributed by atoms with van der Waals surface area (Å²) in [5.74, 6) is -7.14. The second-order valence-electron chi connectivity index (χ2n) is 24.9. The van der Waals surface area contributed by atoms with Gasteiger partial charge in [-0.1, -0.05) is 12.1 Å². The topological polar surface area (TPSA) is 434 Å². The van der Waals surface area contributed by atoms with Crippen LogP contribution in [0.3, 0.4) is 0 Å². The molecule has 8 aromatic rings. The van der Waals surface area contributed by atoms with E-state index in [0.29, 0.717) is 10.3 Å². The van der Waals surface area contributed by atoms with Gasteiger partial charge in [-0.25, -0.2) is 39.5 Å². The highest BCUT2D eigenvalue weighted by atomic mass is 32.1. The number of thiazole rings is 5. The van der Waals surface area contributed by atoms with Crippen LogP contribution in [0, 0.1) is 0 Å². The van der Waals surface area contributed by atoms with Gasteiger partial charge in [0.15, 0.2) is 18.1 Å². The Labute approximate surface area is 600 Å². The normalized spacial score (nSPS) is 23.6. The molecule has 10 N–H and O–H groups in total. The smallest absolute Gasteiger partial charge is 0.358 e. The number of carbonyl (C=O) groups excluding carboxylic acids is 8. The molecule has 1 fully saturated rings. The number of hydrogen-bond donors (Lipinski definition) is 10. The molecule has 4 aliphatic rings. The van der Waals surface area contributed by atoms with Crippen LogP contribution in [0.1, 0.15) is 125 Å². The fourth-order valence-electron chi connectivity index (χ4n) is 12.3. The van der Waals surface area contributed by atoms with E-state index in [4.69, 9.17) is 43.4 Å². The van der Waals surface area contributed by atoms with Crippen molar-refractivity contribution in [3.63, 3.8) is 0 Å². The number of carbonyl (C=O) groups is 8. The van der Waals surface area contributed by atoms with E-state index < -0.39 is 133 Å². The highest BCUT2D eigenvalue weighted by molar-refractivity contribution is 7.14. The van der Waals surface area contributed by atoms with Crippen LogP contribution in [0.2, 0.25) is 0 Å². The first-order valence-corrected chi connectivity index (χ1v) is 35.9. The third-order valence-electron chi connectivity index (χ3n) is 16.9. The molecule has 0 spiro atoms. The Hall–Kier alpha value is -9.32. The third kappa shape index (κ3) is 15.0. The molecule has 11 heterocycles. The first-order valence-electron chi connectivity index (χ1n) is 31.5. The van der Waals surface area contributed by atoms with Crippen LogP contribution in [-0.2, 0) is 56.0 Å². The van der Waals surface area contributed by atoms with Crippen molar-refractivity contribution in [1.29, 1.82) is 0 Å². The third-order valence-corrected chi connectivity index (χ3v) is 21.4. The summed E-state index contributed by atoms with van der Waals surface area (Å²) in [6.45, 7) is 4.62. The fourth-order valence-corrected chi connectivity index (χ4v) is 16.5. The van der Waals surface area contributed by atoms with Crippen molar-refractivity contribution in [2.24, 2.45) is 0 Å². The van der Waals surface area contributed by atoms with E-state index >= 15 is 19.2 Å². The summed E-state index contributed by atoms with van der Waals surface area (Å²) in [6, 6.07) is 0.731. The molecule has 38 heteroatoms. The molecule has 538 valence electrons. The van der Waals surface area contributed by atoms with Crippen LogP contribution < -0.4 is 31.9 Å². The second-order valence-corrected chi connectivity index (χ2v) is 29.2. The number of hydrogen-bond acceptors (Lipinski definition) is 31. The van der Waals surface area contributed by atoms with Crippen molar-refractivity contribution in [2.45, 2.75) is 108 Å². The van der Waals surface area contributed by atoms with E-state index in [9.17, 15) is 39.7 Å². The number of likely N-dealkylation sites (N-methyl/N-ethyl adjacent to an activating group) is 2. The van der Waals surface area contributed by atoms with Crippen LogP contribution in [-0.4, -0.2) is 222 Å². The lowest BCUT2D eigenvalue weighted by Crippen LogP contribution is -2.62. The number of allylic oxidation sites excluding steroid dienone is 1. The molecular formula is C64H69N15O18S5. The Morgan fingerprint density at radius 2 is 1.48 bits per heavy atom. The molecular weight excluding hydrogens is 1430 g/mol. The number of aromatic hydroxyl groups is 1. The zero-order valence-electron chi connectivity index (χ0n) is 55.9. The number of aromatic nitrogens is 7. The lowest BCUT2D eigenvalue weighted by atomic mass is 9.85. The first-order chi connectivity index (χ1) is 48.7. The van der Waals surface area contributed by atoms with Gasteiger partial charge in [-0.05, 0) is 73.6 Å². The van der Waals surface area contributed by atoms with Crippen LogP contribution in [0.5, 0.6) is 5.75 Å². The Bertz CT molecular complexity index is 4630. The van der Waals surface area contributed by atoms with Crippen LogP contribution in [0.15, 0.2) is 56.9 Å². The molecule has 12 bridgehead atoms. The fraction of sp³-hybridized carbons (Fsp3) is 0.406. The first kappa shape index (κ1) is 72.5. The maximum absolute atomic E-state index is 15.2. The molecule has 0 saturated carbocycles. The summed E-state index contributed by atoms with van der Waals surface area (Å²) >= 11 is 4.61. The van der Waals surface area contributed by atoms with Gasteiger partial charge in [0.2, 0.25) is 11.8 Å². The van der Waals surface area contributed by atoms with E-state index in [2.05, 4.69) is 46.9 Å². The monoisotopic (exact) mass is 1500 g/mol. The Morgan fingerprint density at radius 3 is 2.21 bits per heavy atom. The Morgan fingerprint density at radius 1 is 0.814 bits per heavy atom. The van der Waals surface area contributed by atoms with Crippen molar-refractivity contribution < 1.29 is 87.3 Å². The maximum Gasteiger partial charge on any atom is 0.358 e. The van der Waals surface area contributed by atoms with Gasteiger partial charge >= 0.3 is 11.9 Å². The van der Waals surface area contributed by atoms with Crippen molar-refractivity contribution >= 4 is 121 Å². The maximum atomic E-state index is 15.2. The van der Waals surface area contributed by atoms with Gasteiger partial charge in [0.1, 0.15) is 120 Å². The van der Waals surface area contributed by atoms with E-state index in [1.165, 1.54) is 54.6 Å². The molecule has 1 aromatic carbocycles. The van der Waals surface area contributed by atoms with Crippen LogP contribution in [0.4, 0.5) is 0 Å². The summed E-state index contributed by atoms with van der Waals surface area (Å²) < 4.78 is 38.3. The average molecular weight is 1500 g/mol. The predicted octanol–water partition coefficient (Wildman–Crippen LogP) is 3.57. The molecule has 4 aliphatic heterocycles. The van der Waals surface area contributed by atoms with E-state index in [0.717, 1.165) is 56.7 Å². The van der Waals surface area contributed by atoms with E-state index in [1.807, 2.05) is 0 Å². The lowest BCUT2D eigenvalue weighted by Gasteiger charge is -2.48. The predicted molar refractivity (Wildman–Crippen MR) is 368 cm³/mol. The minimum absolute atomic E-state index is 0.00872. The molecule has 7 aromatic heterocycles. The summed E-state index contributed by atoms with van der Waals surface area (Å²) in [6.07, 6.45) is -7.53. The zero-order chi connectivity index (χ0) is 72.7. The number of fused-ring (bicyclic) bond motifs is 15. The summed E-state index contributed by atoms with van der Waals surface area (Å²) in [5.41, 5.74) is -2.46. The molecule has 102 heavy (non-hydrogen) atoms. The van der Waals surface area contributed by atoms with Crippen molar-refractivity contribution in [2.75, 3.05) is 61.5 Å². The SMILES string of the molecule is CO/C(C)=C1/NC(=O)[C@H]([C@@H](C)O)NC(=O)c2csc(n2)-c2cc(O)c(-c3nc(C(=O)NCCNC(=O)CN(C)C)cs3)nc2-c2csc(n2)[C@@H]2COC(=O)c3c4c5c(cccc5n3O)COC(=O)[C@@H](O[C@H]3C[C@](C)(O)[C@H](N(C)C)[C@H](C)O3)[C@@H](OC4)[C@H](NC(=O)c3csc1n3)c1nc(cs1)C(=O)N2. The minimum atomic E-state index is -1.91. The van der Waals surface area contributed by atoms with Gasteiger partial charge < -0.3 is 90.6 Å². The Kier molecular flexibility index (Phi) is 21.3. The summed E-state index contributed by atoms with van der Waals surface area (Å²) in [4.78, 5) is 147. The van der Waals surface area contributed by atoms with Crippen molar-refractivity contribution in [1.82, 2.24) is 76.3 Å². The number of benzene rings is 1. The lowest BCUT2D eigenvalue weighted by molar-refractivity contribution is -0.280. The second kappa shape index (κ2) is 29.9. The highest BCUT2D eigenvalue weighted by Crippen LogP contribution is 2.43. The molecule has 0 unspecified atom stereocenters. The number of aliphatic hydroxyl groups excluding tert-OH is 1. The molecule has 33 nitrogen and oxygen atoms in total. The molecule has 0 radical (unpaired) electrons. The van der Waals surface area contributed by atoms with Gasteiger partial charge in [0, 0.05) is 62.9 Å². The van der Waals surface area contributed by atoms with Crippen LogP contribution >= 0.6 is 56.7 Å². The number of nitrogens with one attached hydrogen (secondary N) is 6. The standard InChI is InChI=1S/C64H69N15O18S5/c1-26(80)43-56(87)75-44(27(2)92-9)59-71-37(25-100-59)55(86)76-47-49-50(97-41-16-64(4,90)51(78(7)8)28(3)96-41)63(89)94-18-29-11-10-12-38-42(29)31(19-93-49)48(79(38)91)62(88)95-20-32(67-53(84)35-24-102-61(47)72-35)58-68-33(21-99-58)45-30(57-69-36(23-98-57)54(85)74-43)15-39(81)46(73-45)60-70-34(22-101-60)52(83)66-14-13-65-40(82)17-77(5)6/h10-12,15,21-26,28,32,41,43,47,49-51,80-81,90-91H,13-14,16-20H2,1-9H3,(H,65,82)(H,66,83)(H,67,84)(H,74,85)(H,75,87)(H,76,86)/b44-27+/t26-,28+,32+,41+,43+,47+,49+,50+,51-,64+/m1/s1.